The Morgan fingerprint density at radius 1 is 0.667 bits per heavy atom. The third-order valence-corrected chi connectivity index (χ3v) is 0. The maximum Gasteiger partial charge on any atom is 3.00 e. The Hall–Kier alpha value is -0.512. The first kappa shape index (κ1) is 37.1. The van der Waals surface area contributed by atoms with E-state index in [4.69, 9.17) is 90.4 Å². The molecule has 0 rings (SSSR count). The summed E-state index contributed by atoms with van der Waals surface area (Å²) in [5.41, 5.74) is 0. The minimum atomic E-state index is -1.75. The number of hydrogen-bond acceptors (Lipinski definition) is 11. The largest absolute Gasteiger partial charge is 3.00 e. The van der Waals surface area contributed by atoms with Crippen LogP contribution in [0.25, 0.3) is 0 Å². The molecule has 0 spiro atoms. The van der Waals surface area contributed by atoms with Gasteiger partial charge >= 0.3 is 77.7 Å². The van der Waals surface area contributed by atoms with E-state index in [2.05, 4.69) is 0 Å². The van der Waals surface area contributed by atoms with Crippen molar-refractivity contribution >= 4 is 29.1 Å². The molecule has 0 radical (unpaired) electrons. The van der Waals surface area contributed by atoms with Crippen LogP contribution >= 0.6 is 29.1 Å². The molecule has 125 valence electrons. The van der Waals surface area contributed by atoms with Crippen LogP contribution in [0.15, 0.2) is 0 Å². The molecule has 0 atom stereocenters. The zero-order chi connectivity index (χ0) is 17.9. The second kappa shape index (κ2) is 31.7. The van der Waals surface area contributed by atoms with E-state index in [1.165, 1.54) is 0 Å². The van der Waals surface area contributed by atoms with Gasteiger partial charge in [-0.15, -0.1) is 10.1 Å². The van der Waals surface area contributed by atoms with Crippen LogP contribution in [0.3, 0.4) is 0 Å². The average Bonchev–Trinajstić information content (AvgIpc) is 1.94. The van der Waals surface area contributed by atoms with Crippen LogP contribution in [0, 0.1) is 91.7 Å². The molecule has 0 saturated carbocycles. The fourth-order valence-corrected chi connectivity index (χ4v) is 0. The molecule has 0 aliphatic carbocycles. The molecule has 21 heavy (non-hydrogen) atoms. The van der Waals surface area contributed by atoms with E-state index in [0.717, 1.165) is 0 Å². The van der Waals surface area contributed by atoms with Crippen LogP contribution in [-0.2, 0) is 13.0 Å². The van der Waals surface area contributed by atoms with Gasteiger partial charge in [-0.25, -0.2) is 0 Å². The zero-order valence-electron chi connectivity index (χ0n) is 8.79. The molecule has 0 aromatic heterocycles. The molecule has 0 fully saturated rings. The van der Waals surface area contributed by atoms with Crippen molar-refractivity contribution in [2.45, 2.75) is 0 Å². The number of nitrogens with zero attached hydrogens (tertiary/aromatic N) is 4. The fraction of sp³-hybridized carbons (Fsp3) is 0. The van der Waals surface area contributed by atoms with Gasteiger partial charge in [0.05, 0.1) is 15.3 Å². The standard InChI is InChI=1S/3ClH.La.HNO3.3NO3.Ru/c;;;;4*2-1(3)4;/h3*1H;;(H,2,3,4);;;;/q;;;+3;;3*-1;+3/p-3. The van der Waals surface area contributed by atoms with Gasteiger partial charge in [0.15, 0.2) is 0 Å². The van der Waals surface area contributed by atoms with E-state index in [9.17, 15) is 0 Å². The summed E-state index contributed by atoms with van der Waals surface area (Å²) in [5, 5.41) is 57.9. The summed E-state index contributed by atoms with van der Waals surface area (Å²) in [5.74, 6) is 0. The average molecular weight is 595 g/mol. The van der Waals surface area contributed by atoms with Crippen molar-refractivity contribution in [3.05, 3.63) is 56.1 Å². The second-order valence-corrected chi connectivity index (χ2v) is 8.98. The second-order valence-electron chi connectivity index (χ2n) is 1.06. The quantitative estimate of drug-likeness (QED) is 0.233. The number of rotatable bonds is 0. The first-order chi connectivity index (χ1) is 8.66. The first-order valence-electron chi connectivity index (χ1n) is 2.61. The smallest absolute Gasteiger partial charge is 3.00 e. The topological polar surface area (TPSA) is 262 Å². The summed E-state index contributed by atoms with van der Waals surface area (Å²) in [4.78, 5) is 33.1. The van der Waals surface area contributed by atoms with Crippen molar-refractivity contribution in [3.8, 4) is 0 Å². The minimum absolute atomic E-state index is 0. The van der Waals surface area contributed by atoms with E-state index >= 15 is 0 Å². The third-order valence-electron chi connectivity index (χ3n) is 0. The third kappa shape index (κ3) is 22800. The van der Waals surface area contributed by atoms with Gasteiger partial charge < -0.3 is 51.2 Å². The molecule has 1 N–H and O–H groups in total. The van der Waals surface area contributed by atoms with Crippen molar-refractivity contribution in [1.82, 2.24) is 0 Å². The molecular formula is HCl3LaN4O12Ru. The predicted molar refractivity (Wildman–Crippen MR) is 57.4 cm³/mol. The normalized spacial score (nSPS) is 6.71. The molecule has 0 aliphatic rings. The van der Waals surface area contributed by atoms with Gasteiger partial charge in [-0.3, -0.25) is 0 Å². The Morgan fingerprint density at radius 3 is 0.667 bits per heavy atom. The summed E-state index contributed by atoms with van der Waals surface area (Å²) in [6.45, 7) is 0. The first-order valence-corrected chi connectivity index (χ1v) is 9.32. The molecule has 0 bridgehead atoms. The molecule has 16 nitrogen and oxygen atoms in total. The Morgan fingerprint density at radius 2 is 0.667 bits per heavy atom. The molecular weight excluding hydrogens is 594 g/mol. The summed E-state index contributed by atoms with van der Waals surface area (Å²) in [6, 6.07) is 0. The van der Waals surface area contributed by atoms with Crippen molar-refractivity contribution in [1.29, 1.82) is 0 Å². The van der Waals surface area contributed by atoms with Gasteiger partial charge in [-0.05, 0) is 0 Å². The number of hydrogen-bond donors (Lipinski definition) is 1. The van der Waals surface area contributed by atoms with Gasteiger partial charge in [0.2, 0.25) is 0 Å². The van der Waals surface area contributed by atoms with Crippen molar-refractivity contribution in [3.63, 3.8) is 0 Å². The van der Waals surface area contributed by atoms with Crippen LogP contribution in [0.4, 0.5) is 0 Å². The van der Waals surface area contributed by atoms with Crippen molar-refractivity contribution in [2.24, 2.45) is 0 Å². The van der Waals surface area contributed by atoms with Crippen LogP contribution in [0.2, 0.25) is 0 Å². The molecule has 0 aliphatic heterocycles. The summed E-state index contributed by atoms with van der Waals surface area (Å²) < 4.78 is 0. The maximum absolute atomic E-state index is 8.36. The summed E-state index contributed by atoms with van der Waals surface area (Å²) in [7, 11) is 14.8. The predicted octanol–water partition coefficient (Wildman–Crippen LogP) is 1.00. The summed E-state index contributed by atoms with van der Waals surface area (Å²) in [6.07, 6.45) is 0. The van der Waals surface area contributed by atoms with Crippen LogP contribution < -0.4 is 0 Å². The van der Waals surface area contributed by atoms with Crippen molar-refractivity contribution in [2.75, 3.05) is 0 Å². The molecule has 0 aromatic rings. The van der Waals surface area contributed by atoms with Crippen LogP contribution in [-0.4, -0.2) is 25.6 Å². The van der Waals surface area contributed by atoms with Crippen molar-refractivity contribution < 1.29 is 74.1 Å². The molecule has 0 amide bonds. The summed E-state index contributed by atoms with van der Waals surface area (Å²) >= 11 is -1.75. The Labute approximate surface area is 158 Å². The molecule has 0 aromatic carbocycles. The van der Waals surface area contributed by atoms with Gasteiger partial charge in [0.1, 0.15) is 0 Å². The van der Waals surface area contributed by atoms with Crippen LogP contribution in [0.1, 0.15) is 0 Å². The Balaban J connectivity index is -0.0000000331. The Bertz CT molecular complexity index is 208. The fourth-order valence-electron chi connectivity index (χ4n) is 0. The van der Waals surface area contributed by atoms with E-state index in [1.807, 2.05) is 0 Å². The van der Waals surface area contributed by atoms with E-state index in [0.29, 0.717) is 0 Å². The Kier molecular flexibility index (Phi) is 56.0. The molecule has 0 heterocycles. The SMILES string of the molecule is O=[N+]([O-])O.O=[N+]([O-])[O-].O=[N+]([O-])[O-].O=[N+]([O-])[O-].[Cl][Ru]([Cl])[Cl].[La+3]. The molecule has 0 unspecified atom stereocenters. The van der Waals surface area contributed by atoms with Gasteiger partial charge in [0, 0.05) is 0 Å². The van der Waals surface area contributed by atoms with Gasteiger partial charge in [-0.2, -0.15) is 0 Å². The van der Waals surface area contributed by atoms with E-state index in [1.54, 1.807) is 0 Å². The van der Waals surface area contributed by atoms with Gasteiger partial charge in [0.25, 0.3) is 5.09 Å². The minimum Gasteiger partial charge on any atom is 3.00 e. The monoisotopic (exact) mass is 595 g/mol. The van der Waals surface area contributed by atoms with Crippen LogP contribution in [0.5, 0.6) is 0 Å². The van der Waals surface area contributed by atoms with E-state index < -0.39 is 33.3 Å². The zero-order valence-corrected chi connectivity index (χ0v) is 16.4. The van der Waals surface area contributed by atoms with E-state index in [-0.39, 0.29) is 35.6 Å². The van der Waals surface area contributed by atoms with Gasteiger partial charge in [-0.1, -0.05) is 0 Å². The maximum atomic E-state index is 8.36. The molecule has 0 saturated heterocycles. The number of halogens is 3. The molecule has 21 heteroatoms.